The highest BCUT2D eigenvalue weighted by molar-refractivity contribution is 5.53. The van der Waals surface area contributed by atoms with Crippen molar-refractivity contribution in [2.75, 3.05) is 6.54 Å². The second-order valence-corrected chi connectivity index (χ2v) is 4.84. The van der Waals surface area contributed by atoms with Crippen LogP contribution in [0.1, 0.15) is 46.5 Å². The van der Waals surface area contributed by atoms with Gasteiger partial charge in [0.05, 0.1) is 0 Å². The fourth-order valence-electron chi connectivity index (χ4n) is 2.27. The van der Waals surface area contributed by atoms with E-state index in [9.17, 15) is 0 Å². The van der Waals surface area contributed by atoms with Crippen molar-refractivity contribution in [2.24, 2.45) is 0 Å². The van der Waals surface area contributed by atoms with Gasteiger partial charge in [0.15, 0.2) is 0 Å². The minimum absolute atomic E-state index is 0.185. The largest absolute Gasteiger partial charge is 0.349 e. The molecule has 0 atom stereocenters. The van der Waals surface area contributed by atoms with E-state index in [0.717, 1.165) is 23.5 Å². The molecule has 0 radical (unpaired) electrons. The molecule has 0 saturated carbocycles. The highest BCUT2D eigenvalue weighted by Crippen LogP contribution is 2.24. The van der Waals surface area contributed by atoms with Crippen LogP contribution in [0.25, 0.3) is 0 Å². The predicted molar refractivity (Wildman–Crippen MR) is 76.6 cm³/mol. The summed E-state index contributed by atoms with van der Waals surface area (Å²) in [5.74, 6) is 0. The molecule has 0 spiro atoms. The average Bonchev–Trinajstić information content (AvgIpc) is 2.38. The second-order valence-electron chi connectivity index (χ2n) is 4.84. The van der Waals surface area contributed by atoms with Crippen LogP contribution in [-0.2, 0) is 0 Å². The fourth-order valence-corrected chi connectivity index (χ4v) is 2.27. The van der Waals surface area contributed by atoms with E-state index in [1.54, 1.807) is 0 Å². The lowest BCUT2D eigenvalue weighted by molar-refractivity contribution is 0.404. The molecule has 1 aliphatic rings. The third kappa shape index (κ3) is 4.00. The van der Waals surface area contributed by atoms with E-state index in [-0.39, 0.29) is 5.57 Å². The molecular weight excluding hydrogens is 234 g/mol. The monoisotopic (exact) mass is 255 g/mol. The maximum atomic E-state index is 8.91. The Balaban J connectivity index is 2.80. The van der Waals surface area contributed by atoms with Crippen LogP contribution in [0.4, 0.5) is 0 Å². The molecule has 0 unspecified atom stereocenters. The highest BCUT2D eigenvalue weighted by Gasteiger charge is 2.15. The van der Waals surface area contributed by atoms with Crippen molar-refractivity contribution < 1.29 is 0 Å². The number of nitrogens with zero attached hydrogens (tertiary/aromatic N) is 3. The van der Waals surface area contributed by atoms with Crippen LogP contribution in [0.5, 0.6) is 0 Å². The molecule has 3 nitrogen and oxygen atoms in total. The smallest absolute Gasteiger partial charge is 0.137 e. The van der Waals surface area contributed by atoms with Gasteiger partial charge in [-0.3, -0.25) is 0 Å². The fraction of sp³-hybridized carbons (Fsp3) is 0.500. The van der Waals surface area contributed by atoms with Crippen molar-refractivity contribution in [3.63, 3.8) is 0 Å². The normalized spacial score (nSPS) is 14.4. The second kappa shape index (κ2) is 7.44. The van der Waals surface area contributed by atoms with Crippen LogP contribution in [0.2, 0.25) is 0 Å². The summed E-state index contributed by atoms with van der Waals surface area (Å²) in [6.07, 6.45) is 8.79. The van der Waals surface area contributed by atoms with E-state index in [2.05, 4.69) is 11.8 Å². The summed E-state index contributed by atoms with van der Waals surface area (Å²) in [6.45, 7) is 7.28. The van der Waals surface area contributed by atoms with Crippen LogP contribution in [-0.4, -0.2) is 11.4 Å². The van der Waals surface area contributed by atoms with Crippen LogP contribution in [0, 0.1) is 22.7 Å². The van der Waals surface area contributed by atoms with E-state index in [1.807, 2.05) is 38.1 Å². The quantitative estimate of drug-likeness (QED) is 0.550. The van der Waals surface area contributed by atoms with Gasteiger partial charge >= 0.3 is 0 Å². The lowest BCUT2D eigenvalue weighted by Crippen LogP contribution is -2.23. The molecular formula is C16H21N3. The number of hydrogen-bond donors (Lipinski definition) is 0. The Bertz CT molecular complexity index is 457. The van der Waals surface area contributed by atoms with Crippen molar-refractivity contribution in [1.29, 1.82) is 10.5 Å². The van der Waals surface area contributed by atoms with E-state index < -0.39 is 0 Å². The molecule has 19 heavy (non-hydrogen) atoms. The topological polar surface area (TPSA) is 50.8 Å². The van der Waals surface area contributed by atoms with Gasteiger partial charge in [-0.25, -0.2) is 0 Å². The highest BCUT2D eigenvalue weighted by atomic mass is 15.1. The van der Waals surface area contributed by atoms with Crippen LogP contribution in [0.15, 0.2) is 34.7 Å². The Morgan fingerprint density at radius 1 is 1.05 bits per heavy atom. The van der Waals surface area contributed by atoms with Crippen LogP contribution < -0.4 is 0 Å². The minimum atomic E-state index is 0.185. The zero-order chi connectivity index (χ0) is 14.3. The first-order valence-electron chi connectivity index (χ1n) is 6.82. The van der Waals surface area contributed by atoms with Crippen molar-refractivity contribution in [1.82, 2.24) is 4.90 Å². The average molecular weight is 255 g/mol. The first-order chi connectivity index (χ1) is 9.13. The lowest BCUT2D eigenvalue weighted by Gasteiger charge is -2.29. The maximum absolute atomic E-state index is 8.91. The van der Waals surface area contributed by atoms with E-state index in [0.29, 0.717) is 0 Å². The molecule has 0 bridgehead atoms. The Morgan fingerprint density at radius 3 is 2.11 bits per heavy atom. The third-order valence-electron chi connectivity index (χ3n) is 3.33. The van der Waals surface area contributed by atoms with Crippen molar-refractivity contribution in [3.8, 4) is 12.1 Å². The Morgan fingerprint density at radius 2 is 1.63 bits per heavy atom. The minimum Gasteiger partial charge on any atom is -0.349 e. The van der Waals surface area contributed by atoms with Gasteiger partial charge in [-0.1, -0.05) is 26.2 Å². The molecule has 0 N–H and O–H groups in total. The van der Waals surface area contributed by atoms with Crippen LogP contribution in [0.3, 0.4) is 0 Å². The molecule has 1 aliphatic heterocycles. The molecule has 0 aromatic carbocycles. The number of allylic oxidation sites excluding steroid dienone is 6. The zero-order valence-corrected chi connectivity index (χ0v) is 12.0. The summed E-state index contributed by atoms with van der Waals surface area (Å²) >= 11 is 0. The number of hydrogen-bond acceptors (Lipinski definition) is 3. The molecule has 0 amide bonds. The number of rotatable bonds is 5. The van der Waals surface area contributed by atoms with Gasteiger partial charge < -0.3 is 4.90 Å². The first-order valence-corrected chi connectivity index (χ1v) is 6.82. The number of unbranched alkanes of at least 4 members (excludes halogenated alkanes) is 3. The third-order valence-corrected chi connectivity index (χ3v) is 3.33. The summed E-state index contributed by atoms with van der Waals surface area (Å²) < 4.78 is 0. The van der Waals surface area contributed by atoms with Gasteiger partial charge in [-0.15, -0.1) is 0 Å². The Hall–Kier alpha value is -2.00. The Labute approximate surface area is 116 Å². The molecule has 0 aromatic heterocycles. The summed E-state index contributed by atoms with van der Waals surface area (Å²) in [7, 11) is 0. The molecule has 3 heteroatoms. The molecule has 100 valence electrons. The summed E-state index contributed by atoms with van der Waals surface area (Å²) in [4.78, 5) is 2.26. The van der Waals surface area contributed by atoms with Gasteiger partial charge in [0.25, 0.3) is 0 Å². The van der Waals surface area contributed by atoms with Gasteiger partial charge in [0.1, 0.15) is 17.7 Å². The maximum Gasteiger partial charge on any atom is 0.137 e. The first kappa shape index (κ1) is 15.1. The standard InChI is InChI=1S/C16H21N3/c1-4-5-6-7-8-19-13(2)9-15(10-14(19)3)16(11-17)12-18/h9-10H,4-8H2,1-3H3. The molecule has 1 rings (SSSR count). The summed E-state index contributed by atoms with van der Waals surface area (Å²) in [5, 5.41) is 17.8. The van der Waals surface area contributed by atoms with E-state index in [1.165, 1.54) is 25.7 Å². The molecule has 0 aliphatic carbocycles. The predicted octanol–water partition coefficient (Wildman–Crippen LogP) is 4.03. The zero-order valence-electron chi connectivity index (χ0n) is 12.0. The molecule has 0 aromatic rings. The van der Waals surface area contributed by atoms with E-state index >= 15 is 0 Å². The number of nitriles is 2. The molecule has 1 heterocycles. The Kier molecular flexibility index (Phi) is 5.90. The van der Waals surface area contributed by atoms with E-state index in [4.69, 9.17) is 10.5 Å². The SMILES string of the molecule is CCCCCCN1C(C)=CC(=C(C#N)C#N)C=C1C. The van der Waals surface area contributed by atoms with Crippen LogP contribution >= 0.6 is 0 Å². The molecule has 0 fully saturated rings. The lowest BCUT2D eigenvalue weighted by atomic mass is 10.0. The summed E-state index contributed by atoms with van der Waals surface area (Å²) in [6, 6.07) is 3.90. The van der Waals surface area contributed by atoms with Gasteiger partial charge in [-0.2, -0.15) is 10.5 Å². The van der Waals surface area contributed by atoms with Gasteiger partial charge in [0, 0.05) is 23.5 Å². The van der Waals surface area contributed by atoms with Gasteiger partial charge in [-0.05, 0) is 32.4 Å². The van der Waals surface area contributed by atoms with Gasteiger partial charge in [0.2, 0.25) is 0 Å². The van der Waals surface area contributed by atoms with Crippen molar-refractivity contribution in [3.05, 3.63) is 34.7 Å². The van der Waals surface area contributed by atoms with Crippen molar-refractivity contribution >= 4 is 0 Å². The van der Waals surface area contributed by atoms with Crippen molar-refractivity contribution in [2.45, 2.75) is 46.5 Å². The summed E-state index contributed by atoms with van der Waals surface area (Å²) in [5.41, 5.74) is 3.12. The molecule has 0 saturated heterocycles.